The van der Waals surface area contributed by atoms with Crippen LogP contribution in [0.25, 0.3) is 0 Å². The van der Waals surface area contributed by atoms with E-state index in [1.807, 2.05) is 14.1 Å². The average molecular weight is 299 g/mol. The minimum atomic E-state index is 0.399. The molecule has 2 nitrogen and oxygen atoms in total. The van der Waals surface area contributed by atoms with E-state index in [0.717, 1.165) is 11.0 Å². The van der Waals surface area contributed by atoms with Crippen LogP contribution in [0, 0.1) is 11.8 Å². The smallest absolute Gasteiger partial charge is 0.0360 e. The zero-order chi connectivity index (χ0) is 12.8. The molecule has 2 unspecified atom stereocenters. The molecule has 1 aromatic carbocycles. The van der Waals surface area contributed by atoms with Crippen molar-refractivity contribution in [2.45, 2.75) is 19.9 Å². The molecule has 3 heteroatoms. The van der Waals surface area contributed by atoms with Crippen molar-refractivity contribution < 1.29 is 0 Å². The lowest BCUT2D eigenvalue weighted by Gasteiger charge is -2.30. The van der Waals surface area contributed by atoms with Gasteiger partial charge in [0.2, 0.25) is 0 Å². The summed E-state index contributed by atoms with van der Waals surface area (Å²) >= 11 is 3.48. The first-order valence-corrected chi connectivity index (χ1v) is 6.96. The fourth-order valence-corrected chi connectivity index (χ4v) is 2.54. The molecule has 0 radical (unpaired) electrons. The monoisotopic (exact) mass is 298 g/mol. The third-order valence-corrected chi connectivity index (χ3v) is 3.79. The molecule has 0 aliphatic rings. The van der Waals surface area contributed by atoms with Crippen LogP contribution in [0.2, 0.25) is 0 Å². The van der Waals surface area contributed by atoms with E-state index >= 15 is 0 Å². The predicted molar refractivity (Wildman–Crippen MR) is 78.2 cm³/mol. The number of nitrogens with one attached hydrogen (secondary N) is 2. The maximum absolute atomic E-state index is 3.48. The molecule has 1 rings (SSSR count). The van der Waals surface area contributed by atoms with Crippen LogP contribution in [0.5, 0.6) is 0 Å². The molecule has 2 N–H and O–H groups in total. The molecule has 0 spiro atoms. The first kappa shape index (κ1) is 14.7. The fraction of sp³-hybridized carbons (Fsp3) is 0.571. The lowest BCUT2D eigenvalue weighted by molar-refractivity contribution is 0.284. The van der Waals surface area contributed by atoms with Gasteiger partial charge >= 0.3 is 0 Å². The Morgan fingerprint density at radius 2 is 1.71 bits per heavy atom. The summed E-state index contributed by atoms with van der Waals surface area (Å²) in [5.74, 6) is 1.23. The molecule has 0 saturated heterocycles. The maximum Gasteiger partial charge on any atom is 0.0360 e. The molecule has 17 heavy (non-hydrogen) atoms. The van der Waals surface area contributed by atoms with E-state index in [1.165, 1.54) is 5.56 Å². The molecule has 0 aromatic heterocycles. The molecule has 0 aliphatic heterocycles. The van der Waals surface area contributed by atoms with Crippen molar-refractivity contribution in [3.8, 4) is 0 Å². The highest BCUT2D eigenvalue weighted by molar-refractivity contribution is 9.10. The Morgan fingerprint density at radius 1 is 1.12 bits per heavy atom. The van der Waals surface area contributed by atoms with Crippen molar-refractivity contribution in [1.29, 1.82) is 0 Å². The molecule has 0 aliphatic carbocycles. The third kappa shape index (κ3) is 4.09. The second-order valence-corrected chi connectivity index (χ2v) is 5.70. The van der Waals surface area contributed by atoms with E-state index in [1.54, 1.807) is 0 Å². The summed E-state index contributed by atoms with van der Waals surface area (Å²) in [5, 5.41) is 6.74. The average Bonchev–Trinajstić information content (AvgIpc) is 2.31. The van der Waals surface area contributed by atoms with Crippen LogP contribution in [-0.2, 0) is 0 Å². The van der Waals surface area contributed by atoms with Gasteiger partial charge in [0.15, 0.2) is 0 Å². The van der Waals surface area contributed by atoms with Gasteiger partial charge in [0.1, 0.15) is 0 Å². The van der Waals surface area contributed by atoms with Gasteiger partial charge in [0, 0.05) is 10.5 Å². The van der Waals surface area contributed by atoms with Gasteiger partial charge in [-0.2, -0.15) is 0 Å². The van der Waals surface area contributed by atoms with Gasteiger partial charge in [-0.25, -0.2) is 0 Å². The van der Waals surface area contributed by atoms with Gasteiger partial charge in [0.25, 0.3) is 0 Å². The highest BCUT2D eigenvalue weighted by atomic mass is 79.9. The molecule has 0 amide bonds. The van der Waals surface area contributed by atoms with Crippen LogP contribution < -0.4 is 10.6 Å². The topological polar surface area (TPSA) is 24.1 Å². The van der Waals surface area contributed by atoms with Crippen molar-refractivity contribution in [2.75, 3.05) is 20.6 Å². The summed E-state index contributed by atoms with van der Waals surface area (Å²) in [4.78, 5) is 0. The van der Waals surface area contributed by atoms with E-state index in [0.29, 0.717) is 17.9 Å². The molecular weight excluding hydrogens is 276 g/mol. The van der Waals surface area contributed by atoms with Crippen LogP contribution >= 0.6 is 15.9 Å². The van der Waals surface area contributed by atoms with Gasteiger partial charge in [-0.15, -0.1) is 0 Å². The minimum Gasteiger partial charge on any atom is -0.319 e. The Labute approximate surface area is 113 Å². The van der Waals surface area contributed by atoms with Crippen LogP contribution in [0.4, 0.5) is 0 Å². The molecule has 0 fully saturated rings. The lowest BCUT2D eigenvalue weighted by Crippen LogP contribution is -2.35. The molecular formula is C14H23BrN2. The van der Waals surface area contributed by atoms with E-state index in [-0.39, 0.29) is 0 Å². The zero-order valence-electron chi connectivity index (χ0n) is 11.1. The first-order chi connectivity index (χ1) is 8.10. The SMILES string of the molecule is CNCC(C(C)C)C(NC)c1ccc(Br)cc1. The summed E-state index contributed by atoms with van der Waals surface area (Å²) in [7, 11) is 4.06. The number of benzene rings is 1. The Kier molecular flexibility index (Phi) is 6.17. The fourth-order valence-electron chi connectivity index (χ4n) is 2.27. The van der Waals surface area contributed by atoms with E-state index in [2.05, 4.69) is 64.7 Å². The molecule has 2 atom stereocenters. The van der Waals surface area contributed by atoms with Gasteiger partial charge in [-0.3, -0.25) is 0 Å². The van der Waals surface area contributed by atoms with Crippen LogP contribution in [0.15, 0.2) is 28.7 Å². The van der Waals surface area contributed by atoms with Gasteiger partial charge in [-0.1, -0.05) is 41.9 Å². The molecule has 0 saturated carbocycles. The summed E-state index contributed by atoms with van der Waals surface area (Å²) in [6.07, 6.45) is 0. The lowest BCUT2D eigenvalue weighted by atomic mass is 9.84. The van der Waals surface area contributed by atoms with Crippen molar-refractivity contribution in [1.82, 2.24) is 10.6 Å². The van der Waals surface area contributed by atoms with E-state index < -0.39 is 0 Å². The first-order valence-electron chi connectivity index (χ1n) is 6.17. The zero-order valence-corrected chi connectivity index (χ0v) is 12.7. The number of rotatable bonds is 6. The Balaban J connectivity index is 2.91. The molecule has 1 aromatic rings. The Hall–Kier alpha value is -0.380. The highest BCUT2D eigenvalue weighted by Gasteiger charge is 2.23. The number of halogens is 1. The van der Waals surface area contributed by atoms with E-state index in [4.69, 9.17) is 0 Å². The predicted octanol–water partition coefficient (Wildman–Crippen LogP) is 3.20. The van der Waals surface area contributed by atoms with Gasteiger partial charge < -0.3 is 10.6 Å². The van der Waals surface area contributed by atoms with E-state index in [9.17, 15) is 0 Å². The summed E-state index contributed by atoms with van der Waals surface area (Å²) in [6.45, 7) is 5.59. The Morgan fingerprint density at radius 3 is 2.12 bits per heavy atom. The largest absolute Gasteiger partial charge is 0.319 e. The van der Waals surface area contributed by atoms with Crippen molar-refractivity contribution in [2.24, 2.45) is 11.8 Å². The second-order valence-electron chi connectivity index (χ2n) is 4.78. The summed E-state index contributed by atoms with van der Waals surface area (Å²) < 4.78 is 1.13. The summed E-state index contributed by atoms with van der Waals surface area (Å²) in [5.41, 5.74) is 1.35. The minimum absolute atomic E-state index is 0.399. The number of hydrogen-bond donors (Lipinski definition) is 2. The standard InChI is InChI=1S/C14H23BrN2/c1-10(2)13(9-16-3)14(17-4)11-5-7-12(15)8-6-11/h5-8,10,13-14,16-17H,9H2,1-4H3. The van der Waals surface area contributed by atoms with Crippen LogP contribution in [-0.4, -0.2) is 20.6 Å². The molecule has 0 heterocycles. The third-order valence-electron chi connectivity index (χ3n) is 3.26. The van der Waals surface area contributed by atoms with Crippen molar-refractivity contribution in [3.63, 3.8) is 0 Å². The van der Waals surface area contributed by atoms with Gasteiger partial charge in [-0.05, 0) is 50.2 Å². The summed E-state index contributed by atoms with van der Waals surface area (Å²) in [6, 6.07) is 9.00. The van der Waals surface area contributed by atoms with Crippen LogP contribution in [0.3, 0.4) is 0 Å². The van der Waals surface area contributed by atoms with Crippen molar-refractivity contribution in [3.05, 3.63) is 34.3 Å². The van der Waals surface area contributed by atoms with Gasteiger partial charge in [0.05, 0.1) is 0 Å². The molecule has 0 bridgehead atoms. The maximum atomic E-state index is 3.48. The normalized spacial score (nSPS) is 14.9. The quantitative estimate of drug-likeness (QED) is 0.843. The van der Waals surface area contributed by atoms with Crippen molar-refractivity contribution >= 4 is 15.9 Å². The highest BCUT2D eigenvalue weighted by Crippen LogP contribution is 2.28. The second kappa shape index (κ2) is 7.14. The Bertz CT molecular complexity index is 321. The number of hydrogen-bond acceptors (Lipinski definition) is 2. The van der Waals surface area contributed by atoms with Crippen LogP contribution in [0.1, 0.15) is 25.5 Å². The molecule has 96 valence electrons.